The molecule has 0 saturated heterocycles. The van der Waals surface area contributed by atoms with Crippen molar-refractivity contribution in [2.45, 2.75) is 6.42 Å². The van der Waals surface area contributed by atoms with E-state index < -0.39 is 0 Å². The third-order valence-electron chi connectivity index (χ3n) is 3.71. The molecule has 3 rings (SSSR count). The maximum absolute atomic E-state index is 11.2. The van der Waals surface area contributed by atoms with Crippen LogP contribution in [0.25, 0.3) is 0 Å². The number of carbonyl (C=O) groups excluding carboxylic acids is 1. The van der Waals surface area contributed by atoms with Gasteiger partial charge in [0.25, 0.3) is 0 Å². The monoisotopic (exact) mass is 320 g/mol. The molecule has 3 aromatic carbocycles. The molecule has 0 amide bonds. The zero-order valence-corrected chi connectivity index (χ0v) is 13.6. The van der Waals surface area contributed by atoms with E-state index in [-0.39, 0.29) is 8.58 Å². The van der Waals surface area contributed by atoms with Gasteiger partial charge >= 0.3 is 0 Å². The Kier molecular flexibility index (Phi) is 4.85. The van der Waals surface area contributed by atoms with Crippen LogP contribution >= 0.6 is 8.58 Å². The number of para-hydroxylation sites is 1. The SMILES string of the molecule is O=Cc1ccccc1Pc1cccc(Cc2ccccc2)c1O. The third-order valence-corrected chi connectivity index (χ3v) is 5.11. The van der Waals surface area contributed by atoms with Gasteiger partial charge in [-0.25, -0.2) is 0 Å². The molecule has 2 nitrogen and oxygen atoms in total. The van der Waals surface area contributed by atoms with Crippen LogP contribution < -0.4 is 10.6 Å². The van der Waals surface area contributed by atoms with Crippen molar-refractivity contribution in [3.05, 3.63) is 89.5 Å². The van der Waals surface area contributed by atoms with Crippen molar-refractivity contribution in [2.24, 2.45) is 0 Å². The molecular weight excluding hydrogens is 303 g/mol. The number of phenols is 1. The number of hydrogen-bond donors (Lipinski definition) is 1. The van der Waals surface area contributed by atoms with Crippen LogP contribution in [0.5, 0.6) is 5.75 Å². The summed E-state index contributed by atoms with van der Waals surface area (Å²) in [4.78, 5) is 11.2. The Balaban J connectivity index is 1.89. The summed E-state index contributed by atoms with van der Waals surface area (Å²) in [5.41, 5.74) is 2.75. The normalized spacial score (nSPS) is 11.0. The molecule has 23 heavy (non-hydrogen) atoms. The first-order valence-electron chi connectivity index (χ1n) is 7.44. The van der Waals surface area contributed by atoms with Crippen molar-refractivity contribution in [3.8, 4) is 5.75 Å². The molecule has 1 N–H and O–H groups in total. The van der Waals surface area contributed by atoms with E-state index in [1.165, 1.54) is 0 Å². The zero-order valence-electron chi connectivity index (χ0n) is 12.6. The van der Waals surface area contributed by atoms with Gasteiger partial charge < -0.3 is 5.11 Å². The Bertz CT molecular complexity index is 813. The molecule has 1 atom stereocenters. The van der Waals surface area contributed by atoms with Crippen LogP contribution in [0.15, 0.2) is 72.8 Å². The second-order valence-electron chi connectivity index (χ2n) is 5.31. The number of aldehydes is 1. The average Bonchev–Trinajstić information content (AvgIpc) is 2.60. The Labute approximate surface area is 137 Å². The molecule has 3 aromatic rings. The third kappa shape index (κ3) is 3.67. The van der Waals surface area contributed by atoms with E-state index in [1.54, 1.807) is 6.07 Å². The summed E-state index contributed by atoms with van der Waals surface area (Å²) in [7, 11) is 0.257. The van der Waals surface area contributed by atoms with E-state index in [4.69, 9.17) is 0 Å². The van der Waals surface area contributed by atoms with Gasteiger partial charge in [0, 0.05) is 17.3 Å². The highest BCUT2D eigenvalue weighted by Gasteiger charge is 2.10. The number of carbonyl (C=O) groups is 1. The van der Waals surface area contributed by atoms with Crippen molar-refractivity contribution in [1.82, 2.24) is 0 Å². The van der Waals surface area contributed by atoms with E-state index in [0.29, 0.717) is 17.7 Å². The minimum absolute atomic E-state index is 0.257. The van der Waals surface area contributed by atoms with Crippen LogP contribution in [-0.2, 0) is 6.42 Å². The fraction of sp³-hybridized carbons (Fsp3) is 0.0500. The van der Waals surface area contributed by atoms with Crippen molar-refractivity contribution in [2.75, 3.05) is 0 Å². The number of benzene rings is 3. The summed E-state index contributed by atoms with van der Waals surface area (Å²) in [6, 6.07) is 23.4. The minimum Gasteiger partial charge on any atom is -0.507 e. The minimum atomic E-state index is 0.257. The van der Waals surface area contributed by atoms with Crippen molar-refractivity contribution >= 4 is 25.5 Å². The van der Waals surface area contributed by atoms with Crippen molar-refractivity contribution in [3.63, 3.8) is 0 Å². The molecule has 0 heterocycles. The predicted molar refractivity (Wildman–Crippen MR) is 96.8 cm³/mol. The van der Waals surface area contributed by atoms with Crippen LogP contribution in [0.2, 0.25) is 0 Å². The highest BCUT2D eigenvalue weighted by Crippen LogP contribution is 2.25. The molecule has 0 radical (unpaired) electrons. The van der Waals surface area contributed by atoms with Gasteiger partial charge in [-0.2, -0.15) is 0 Å². The lowest BCUT2D eigenvalue weighted by molar-refractivity contribution is 0.112. The fourth-order valence-corrected chi connectivity index (χ4v) is 3.72. The van der Waals surface area contributed by atoms with Gasteiger partial charge in [-0.15, -0.1) is 0 Å². The molecule has 3 heteroatoms. The number of rotatable bonds is 5. The molecular formula is C20H17O2P. The Morgan fingerprint density at radius 3 is 2.30 bits per heavy atom. The summed E-state index contributed by atoms with van der Waals surface area (Å²) in [5.74, 6) is 0.329. The first-order valence-corrected chi connectivity index (χ1v) is 8.44. The van der Waals surface area contributed by atoms with Crippen LogP contribution in [0, 0.1) is 0 Å². The lowest BCUT2D eigenvalue weighted by Crippen LogP contribution is -2.09. The second kappa shape index (κ2) is 7.21. The second-order valence-corrected chi connectivity index (χ2v) is 6.63. The van der Waals surface area contributed by atoms with Gasteiger partial charge in [-0.3, -0.25) is 4.79 Å². The predicted octanol–water partition coefficient (Wildman–Crippen LogP) is 3.42. The van der Waals surface area contributed by atoms with Crippen LogP contribution in [0.3, 0.4) is 0 Å². The van der Waals surface area contributed by atoms with Crippen LogP contribution in [-0.4, -0.2) is 11.4 Å². The number of phenolic OH excluding ortho intramolecular Hbond substituents is 1. The number of aromatic hydroxyl groups is 1. The van der Waals surface area contributed by atoms with Gasteiger partial charge in [-0.05, 0) is 16.4 Å². The van der Waals surface area contributed by atoms with Crippen LogP contribution in [0.4, 0.5) is 0 Å². The smallest absolute Gasteiger partial charge is 0.150 e. The molecule has 0 aliphatic heterocycles. The summed E-state index contributed by atoms with van der Waals surface area (Å²) in [6.07, 6.45) is 1.56. The average molecular weight is 320 g/mol. The van der Waals surface area contributed by atoms with Gasteiger partial charge in [0.05, 0.1) is 0 Å². The Morgan fingerprint density at radius 2 is 1.52 bits per heavy atom. The molecule has 0 saturated carbocycles. The summed E-state index contributed by atoms with van der Waals surface area (Å²) >= 11 is 0. The molecule has 0 aromatic heterocycles. The van der Waals surface area contributed by atoms with E-state index >= 15 is 0 Å². The highest BCUT2D eigenvalue weighted by atomic mass is 31.1. The van der Waals surface area contributed by atoms with Gasteiger partial charge in [0.15, 0.2) is 6.29 Å². The van der Waals surface area contributed by atoms with E-state index in [1.807, 2.05) is 54.6 Å². The molecule has 0 aliphatic rings. The molecule has 1 unspecified atom stereocenters. The lowest BCUT2D eigenvalue weighted by Gasteiger charge is -2.11. The first-order chi connectivity index (χ1) is 11.3. The maximum Gasteiger partial charge on any atom is 0.150 e. The Morgan fingerprint density at radius 1 is 0.826 bits per heavy atom. The molecule has 0 aliphatic carbocycles. The quantitative estimate of drug-likeness (QED) is 0.578. The van der Waals surface area contributed by atoms with Crippen LogP contribution in [0.1, 0.15) is 21.5 Å². The van der Waals surface area contributed by atoms with E-state index in [2.05, 4.69) is 12.1 Å². The molecule has 0 fully saturated rings. The Hall–Kier alpha value is -2.44. The lowest BCUT2D eigenvalue weighted by atomic mass is 10.0. The molecule has 0 spiro atoms. The molecule has 0 bridgehead atoms. The van der Waals surface area contributed by atoms with Crippen molar-refractivity contribution in [1.29, 1.82) is 0 Å². The van der Waals surface area contributed by atoms with E-state index in [0.717, 1.165) is 28.0 Å². The first kappa shape index (κ1) is 15.5. The van der Waals surface area contributed by atoms with Gasteiger partial charge in [0.1, 0.15) is 5.75 Å². The topological polar surface area (TPSA) is 37.3 Å². The fourth-order valence-electron chi connectivity index (χ4n) is 2.51. The van der Waals surface area contributed by atoms with E-state index in [9.17, 15) is 9.90 Å². The standard InChI is InChI=1S/C20H17O2P/c21-14-17-9-4-5-11-18(17)23-19-12-6-10-16(20(19)22)13-15-7-2-1-3-8-15/h1-12,14,22-23H,13H2. The summed E-state index contributed by atoms with van der Waals surface area (Å²) in [5, 5.41) is 12.4. The van der Waals surface area contributed by atoms with Crippen molar-refractivity contribution < 1.29 is 9.90 Å². The zero-order chi connectivity index (χ0) is 16.1. The van der Waals surface area contributed by atoms with Gasteiger partial charge in [-0.1, -0.05) is 81.4 Å². The maximum atomic E-state index is 11.2. The largest absolute Gasteiger partial charge is 0.507 e. The number of hydrogen-bond acceptors (Lipinski definition) is 2. The molecule has 114 valence electrons. The highest BCUT2D eigenvalue weighted by molar-refractivity contribution is 7.56. The summed E-state index contributed by atoms with van der Waals surface area (Å²) < 4.78 is 0. The van der Waals surface area contributed by atoms with Gasteiger partial charge in [0.2, 0.25) is 0 Å². The summed E-state index contributed by atoms with van der Waals surface area (Å²) in [6.45, 7) is 0.